The molecule has 104 valence electrons. The number of carbonyl (C=O) groups excluding carboxylic acids is 1. The Balaban J connectivity index is 2.30. The first kappa shape index (κ1) is 14.9. The number of nitrogen functional groups attached to an aromatic ring is 1. The van der Waals surface area contributed by atoms with E-state index in [1.165, 1.54) is 0 Å². The van der Waals surface area contributed by atoms with Gasteiger partial charge in [0, 0.05) is 14.6 Å². The monoisotopic (exact) mass is 398 g/mol. The van der Waals surface area contributed by atoms with Gasteiger partial charge in [0.1, 0.15) is 5.75 Å². The normalized spacial score (nSPS) is 10.2. The van der Waals surface area contributed by atoms with Crippen LogP contribution in [0.4, 0.5) is 11.4 Å². The summed E-state index contributed by atoms with van der Waals surface area (Å²) in [7, 11) is 1.55. The summed E-state index contributed by atoms with van der Waals surface area (Å²) in [5.41, 5.74) is 7.24. The van der Waals surface area contributed by atoms with E-state index in [-0.39, 0.29) is 5.91 Å². The summed E-state index contributed by atoms with van der Waals surface area (Å²) < 4.78 is 6.88. The first-order valence-electron chi connectivity index (χ1n) is 5.71. The second-order valence-corrected chi connectivity index (χ2v) is 5.86. The number of hydrogen-bond acceptors (Lipinski definition) is 3. The third kappa shape index (κ3) is 3.32. The number of hydrogen-bond donors (Lipinski definition) is 2. The molecule has 0 aromatic heterocycles. The number of amides is 1. The lowest BCUT2D eigenvalue weighted by Gasteiger charge is -2.11. The van der Waals surface area contributed by atoms with Crippen LogP contribution in [0, 0.1) is 0 Å². The number of rotatable bonds is 3. The van der Waals surface area contributed by atoms with E-state index in [1.807, 2.05) is 6.07 Å². The second kappa shape index (κ2) is 6.28. The van der Waals surface area contributed by atoms with E-state index in [1.54, 1.807) is 37.4 Å². The Bertz CT molecular complexity index is 660. The van der Waals surface area contributed by atoms with Gasteiger partial charge in [-0.3, -0.25) is 4.79 Å². The molecule has 0 fully saturated rings. The van der Waals surface area contributed by atoms with E-state index in [0.717, 1.165) is 8.95 Å². The van der Waals surface area contributed by atoms with E-state index in [2.05, 4.69) is 37.2 Å². The quantitative estimate of drug-likeness (QED) is 0.765. The van der Waals surface area contributed by atoms with Gasteiger partial charge in [0.15, 0.2) is 0 Å². The lowest BCUT2D eigenvalue weighted by atomic mass is 10.1. The third-order valence-corrected chi connectivity index (χ3v) is 3.65. The summed E-state index contributed by atoms with van der Waals surface area (Å²) in [6.45, 7) is 0. The predicted octanol–water partition coefficient (Wildman–Crippen LogP) is 4.05. The van der Waals surface area contributed by atoms with Gasteiger partial charge in [-0.15, -0.1) is 0 Å². The molecule has 0 saturated carbocycles. The molecule has 4 nitrogen and oxygen atoms in total. The second-order valence-electron chi connectivity index (χ2n) is 4.03. The van der Waals surface area contributed by atoms with Crippen LogP contribution in [0.5, 0.6) is 5.75 Å². The van der Waals surface area contributed by atoms with Crippen LogP contribution in [0.2, 0.25) is 0 Å². The number of anilines is 2. The topological polar surface area (TPSA) is 64.3 Å². The maximum absolute atomic E-state index is 12.2. The largest absolute Gasteiger partial charge is 0.495 e. The van der Waals surface area contributed by atoms with Gasteiger partial charge in [-0.05, 0) is 36.4 Å². The summed E-state index contributed by atoms with van der Waals surface area (Å²) in [5, 5.41) is 2.79. The zero-order chi connectivity index (χ0) is 14.7. The minimum absolute atomic E-state index is 0.286. The fourth-order valence-electron chi connectivity index (χ4n) is 1.71. The zero-order valence-electron chi connectivity index (χ0n) is 10.6. The van der Waals surface area contributed by atoms with Crippen molar-refractivity contribution in [1.82, 2.24) is 0 Å². The molecule has 6 heteroatoms. The predicted molar refractivity (Wildman–Crippen MR) is 87.2 cm³/mol. The molecule has 0 unspecified atom stereocenters. The van der Waals surface area contributed by atoms with Crippen molar-refractivity contribution in [2.45, 2.75) is 0 Å². The molecule has 0 aliphatic carbocycles. The molecule has 0 aliphatic rings. The lowest BCUT2D eigenvalue weighted by molar-refractivity contribution is 0.102. The Labute approximate surface area is 133 Å². The number of benzene rings is 2. The number of methoxy groups -OCH3 is 1. The van der Waals surface area contributed by atoms with Crippen LogP contribution in [-0.2, 0) is 0 Å². The smallest absolute Gasteiger partial charge is 0.257 e. The van der Waals surface area contributed by atoms with Crippen LogP contribution < -0.4 is 15.8 Å². The maximum atomic E-state index is 12.2. The molecule has 2 rings (SSSR count). The minimum Gasteiger partial charge on any atom is -0.495 e. The SMILES string of the molecule is COc1ccc(Br)cc1NC(=O)c1ccc(Br)cc1N. The van der Waals surface area contributed by atoms with Crippen molar-refractivity contribution in [3.8, 4) is 5.75 Å². The fraction of sp³-hybridized carbons (Fsp3) is 0.0714. The molecule has 0 spiro atoms. The molecule has 0 heterocycles. The maximum Gasteiger partial charge on any atom is 0.257 e. The first-order chi connectivity index (χ1) is 9.51. The van der Waals surface area contributed by atoms with E-state index in [0.29, 0.717) is 22.7 Å². The van der Waals surface area contributed by atoms with Gasteiger partial charge in [-0.25, -0.2) is 0 Å². The van der Waals surface area contributed by atoms with Crippen molar-refractivity contribution in [3.05, 3.63) is 50.9 Å². The van der Waals surface area contributed by atoms with Gasteiger partial charge < -0.3 is 15.8 Å². The van der Waals surface area contributed by atoms with Crippen LogP contribution in [0.1, 0.15) is 10.4 Å². The van der Waals surface area contributed by atoms with E-state index in [9.17, 15) is 4.79 Å². The molecule has 20 heavy (non-hydrogen) atoms. The molecule has 0 atom stereocenters. The highest BCUT2D eigenvalue weighted by Crippen LogP contribution is 2.29. The van der Waals surface area contributed by atoms with E-state index < -0.39 is 0 Å². The van der Waals surface area contributed by atoms with Gasteiger partial charge >= 0.3 is 0 Å². The summed E-state index contributed by atoms with van der Waals surface area (Å²) in [4.78, 5) is 12.2. The number of ether oxygens (including phenoxy) is 1. The number of nitrogens with one attached hydrogen (secondary N) is 1. The Kier molecular flexibility index (Phi) is 4.67. The average molecular weight is 400 g/mol. The van der Waals surface area contributed by atoms with Crippen molar-refractivity contribution < 1.29 is 9.53 Å². The molecular formula is C14H12Br2N2O2. The Morgan fingerprint density at radius 2 is 1.80 bits per heavy atom. The fourth-order valence-corrected chi connectivity index (χ4v) is 2.45. The molecule has 2 aromatic rings. The Morgan fingerprint density at radius 1 is 1.15 bits per heavy atom. The van der Waals surface area contributed by atoms with Gasteiger partial charge in [0.05, 0.1) is 18.4 Å². The Morgan fingerprint density at radius 3 is 2.45 bits per heavy atom. The summed E-state index contributed by atoms with van der Waals surface area (Å²) in [6, 6.07) is 10.5. The first-order valence-corrected chi connectivity index (χ1v) is 7.30. The van der Waals surface area contributed by atoms with Crippen molar-refractivity contribution in [1.29, 1.82) is 0 Å². The van der Waals surface area contributed by atoms with Crippen LogP contribution in [0.15, 0.2) is 45.3 Å². The van der Waals surface area contributed by atoms with Crippen LogP contribution >= 0.6 is 31.9 Å². The van der Waals surface area contributed by atoms with Gasteiger partial charge in [0.25, 0.3) is 5.91 Å². The molecule has 0 aliphatic heterocycles. The summed E-state index contributed by atoms with van der Waals surface area (Å²) in [5.74, 6) is 0.295. The van der Waals surface area contributed by atoms with Gasteiger partial charge in [-0.1, -0.05) is 31.9 Å². The third-order valence-electron chi connectivity index (χ3n) is 2.67. The highest BCUT2D eigenvalue weighted by Gasteiger charge is 2.13. The molecule has 1 amide bonds. The zero-order valence-corrected chi connectivity index (χ0v) is 13.8. The van der Waals surface area contributed by atoms with Crippen molar-refractivity contribution in [3.63, 3.8) is 0 Å². The molecule has 0 bridgehead atoms. The van der Waals surface area contributed by atoms with E-state index in [4.69, 9.17) is 10.5 Å². The minimum atomic E-state index is -0.286. The highest BCUT2D eigenvalue weighted by molar-refractivity contribution is 9.10. The van der Waals surface area contributed by atoms with Gasteiger partial charge in [-0.2, -0.15) is 0 Å². The van der Waals surface area contributed by atoms with Crippen molar-refractivity contribution >= 4 is 49.1 Å². The standard InChI is InChI=1S/C14H12Br2N2O2/c1-20-13-5-3-9(16)7-12(13)18-14(19)10-4-2-8(15)6-11(10)17/h2-7H,17H2,1H3,(H,18,19). The van der Waals surface area contributed by atoms with Gasteiger partial charge in [0.2, 0.25) is 0 Å². The number of nitrogens with two attached hydrogens (primary N) is 1. The Hall–Kier alpha value is -1.53. The van der Waals surface area contributed by atoms with Crippen molar-refractivity contribution in [2.24, 2.45) is 0 Å². The highest BCUT2D eigenvalue weighted by atomic mass is 79.9. The van der Waals surface area contributed by atoms with Crippen LogP contribution in [0.25, 0.3) is 0 Å². The summed E-state index contributed by atoms with van der Waals surface area (Å²) >= 11 is 6.66. The van der Waals surface area contributed by atoms with Crippen LogP contribution in [-0.4, -0.2) is 13.0 Å². The molecule has 0 saturated heterocycles. The van der Waals surface area contributed by atoms with Crippen LogP contribution in [0.3, 0.4) is 0 Å². The average Bonchev–Trinajstić information content (AvgIpc) is 2.38. The lowest BCUT2D eigenvalue weighted by Crippen LogP contribution is -2.14. The molecule has 3 N–H and O–H groups in total. The molecular weight excluding hydrogens is 388 g/mol. The number of halogens is 2. The molecule has 2 aromatic carbocycles. The molecule has 0 radical (unpaired) electrons. The van der Waals surface area contributed by atoms with Crippen molar-refractivity contribution in [2.75, 3.05) is 18.2 Å². The van der Waals surface area contributed by atoms with E-state index >= 15 is 0 Å². The number of carbonyl (C=O) groups is 1. The summed E-state index contributed by atoms with van der Waals surface area (Å²) in [6.07, 6.45) is 0.